The Hall–Kier alpha value is -3.51. The molecule has 1 atom stereocenters. The van der Waals surface area contributed by atoms with Crippen molar-refractivity contribution < 1.29 is 35.8 Å². The Labute approximate surface area is 213 Å². The largest absolute Gasteiger partial charge is 0.416 e. The number of nitrogens with one attached hydrogen (secondary N) is 2. The van der Waals surface area contributed by atoms with Crippen LogP contribution in [0.15, 0.2) is 52.9 Å². The third kappa shape index (κ3) is 5.75. The smallest absolute Gasteiger partial charge is 0.341 e. The molecule has 4 rings (SSSR count). The average molecular weight is 558 g/mol. The highest BCUT2D eigenvalue weighted by Crippen LogP contribution is 2.42. The number of alkyl halides is 3. The number of rotatable bonds is 4. The SMILES string of the molecule is CS(C)(=O)=Nc1cc(NC(=O)c2cc(F)cc(C(F)(F)F)c2)c2c(c1)C(=O)NC2c1cc(F)ccc1Cl. The Kier molecular flexibility index (Phi) is 6.76. The van der Waals surface area contributed by atoms with Gasteiger partial charge in [-0.25, -0.2) is 13.0 Å². The molecule has 37 heavy (non-hydrogen) atoms. The molecule has 0 bridgehead atoms. The molecule has 1 aliphatic heterocycles. The van der Waals surface area contributed by atoms with Gasteiger partial charge in [0.2, 0.25) is 0 Å². The summed E-state index contributed by atoms with van der Waals surface area (Å²) in [7, 11) is -2.73. The Morgan fingerprint density at radius 3 is 2.41 bits per heavy atom. The minimum Gasteiger partial charge on any atom is -0.341 e. The summed E-state index contributed by atoms with van der Waals surface area (Å²) in [6.45, 7) is 0. The summed E-state index contributed by atoms with van der Waals surface area (Å²) in [5.74, 6) is -3.71. The number of hydrogen-bond donors (Lipinski definition) is 2. The topological polar surface area (TPSA) is 87.6 Å². The molecule has 0 aliphatic carbocycles. The van der Waals surface area contributed by atoms with Gasteiger partial charge in [0.25, 0.3) is 11.8 Å². The molecular formula is C24H17ClF5N3O3S. The number of benzene rings is 3. The van der Waals surface area contributed by atoms with Gasteiger partial charge in [0.1, 0.15) is 11.6 Å². The number of halogens is 6. The average Bonchev–Trinajstić information content (AvgIpc) is 3.09. The lowest BCUT2D eigenvalue weighted by Gasteiger charge is -2.18. The van der Waals surface area contributed by atoms with Gasteiger partial charge in [-0.05, 0) is 48.5 Å². The van der Waals surface area contributed by atoms with Crippen LogP contribution in [0.5, 0.6) is 0 Å². The molecule has 194 valence electrons. The summed E-state index contributed by atoms with van der Waals surface area (Å²) >= 11 is 6.23. The summed E-state index contributed by atoms with van der Waals surface area (Å²) in [5, 5.41) is 5.11. The molecule has 6 nitrogen and oxygen atoms in total. The number of hydrogen-bond acceptors (Lipinski definition) is 4. The second-order valence-electron chi connectivity index (χ2n) is 8.48. The van der Waals surface area contributed by atoms with Gasteiger partial charge in [-0.2, -0.15) is 17.5 Å². The first-order chi connectivity index (χ1) is 17.1. The van der Waals surface area contributed by atoms with E-state index in [9.17, 15) is 35.8 Å². The fourth-order valence-electron chi connectivity index (χ4n) is 3.88. The summed E-state index contributed by atoms with van der Waals surface area (Å²) in [6.07, 6.45) is -2.24. The Morgan fingerprint density at radius 2 is 1.76 bits per heavy atom. The fraction of sp³-hybridized carbons (Fsp3) is 0.167. The maximum Gasteiger partial charge on any atom is 0.416 e. The van der Waals surface area contributed by atoms with Crippen molar-refractivity contribution in [2.75, 3.05) is 17.8 Å². The molecule has 2 amide bonds. The number of amides is 2. The molecule has 1 aliphatic rings. The minimum absolute atomic E-state index is 0.0132. The molecule has 0 saturated heterocycles. The van der Waals surface area contributed by atoms with Crippen molar-refractivity contribution in [3.63, 3.8) is 0 Å². The van der Waals surface area contributed by atoms with Gasteiger partial charge in [0.15, 0.2) is 0 Å². The van der Waals surface area contributed by atoms with Gasteiger partial charge in [0.05, 0.1) is 17.3 Å². The lowest BCUT2D eigenvalue weighted by molar-refractivity contribution is -0.137. The van der Waals surface area contributed by atoms with E-state index in [0.29, 0.717) is 12.1 Å². The molecule has 2 N–H and O–H groups in total. The number of nitrogens with zero attached hydrogens (tertiary/aromatic N) is 1. The van der Waals surface area contributed by atoms with E-state index in [1.165, 1.54) is 30.7 Å². The Bertz CT molecular complexity index is 1570. The van der Waals surface area contributed by atoms with Crippen molar-refractivity contribution in [3.8, 4) is 0 Å². The van der Waals surface area contributed by atoms with Crippen LogP contribution in [-0.4, -0.2) is 28.5 Å². The molecule has 0 saturated carbocycles. The molecule has 0 fully saturated rings. The van der Waals surface area contributed by atoms with Crippen molar-refractivity contribution in [1.29, 1.82) is 0 Å². The van der Waals surface area contributed by atoms with E-state index < -0.39 is 56.5 Å². The fourth-order valence-corrected chi connectivity index (χ4v) is 4.72. The highest BCUT2D eigenvalue weighted by molar-refractivity contribution is 7.92. The van der Waals surface area contributed by atoms with Crippen LogP contribution in [0.4, 0.5) is 33.3 Å². The van der Waals surface area contributed by atoms with Gasteiger partial charge in [-0.3, -0.25) is 9.59 Å². The highest BCUT2D eigenvalue weighted by Gasteiger charge is 2.36. The molecule has 13 heteroatoms. The zero-order chi connectivity index (χ0) is 27.3. The van der Waals surface area contributed by atoms with Crippen molar-refractivity contribution in [2.45, 2.75) is 12.2 Å². The molecule has 0 aromatic heterocycles. The zero-order valence-electron chi connectivity index (χ0n) is 19.0. The number of fused-ring (bicyclic) bond motifs is 1. The maximum atomic E-state index is 14.0. The van der Waals surface area contributed by atoms with Crippen LogP contribution in [0.1, 0.15) is 43.4 Å². The molecule has 3 aromatic carbocycles. The summed E-state index contributed by atoms with van der Waals surface area (Å²) in [6, 6.07) is 6.31. The molecule has 3 aromatic rings. The van der Waals surface area contributed by atoms with Crippen molar-refractivity contribution >= 4 is 44.5 Å². The van der Waals surface area contributed by atoms with Gasteiger partial charge in [-0.1, -0.05) is 11.6 Å². The minimum atomic E-state index is -4.91. The first-order valence-corrected chi connectivity index (χ1v) is 13.1. The van der Waals surface area contributed by atoms with E-state index in [1.807, 2.05) is 0 Å². The molecule has 1 unspecified atom stereocenters. The Balaban J connectivity index is 1.88. The number of carbonyl (C=O) groups is 2. The second-order valence-corrected chi connectivity index (χ2v) is 11.4. The predicted octanol–water partition coefficient (Wildman–Crippen LogP) is 6.08. The maximum absolute atomic E-state index is 14.0. The quantitative estimate of drug-likeness (QED) is 0.381. The van der Waals surface area contributed by atoms with E-state index in [-0.39, 0.29) is 39.2 Å². The molecule has 0 spiro atoms. The van der Waals surface area contributed by atoms with Gasteiger partial charge in [0, 0.05) is 55.2 Å². The normalized spacial score (nSPS) is 15.2. The van der Waals surface area contributed by atoms with E-state index in [0.717, 1.165) is 12.1 Å². The van der Waals surface area contributed by atoms with Crippen molar-refractivity contribution in [1.82, 2.24) is 5.32 Å². The summed E-state index contributed by atoms with van der Waals surface area (Å²) < 4.78 is 83.7. The Morgan fingerprint density at radius 1 is 1.05 bits per heavy atom. The summed E-state index contributed by atoms with van der Waals surface area (Å²) in [5.41, 5.74) is -1.84. The van der Waals surface area contributed by atoms with E-state index in [1.54, 1.807) is 0 Å². The first kappa shape index (κ1) is 26.6. The second kappa shape index (κ2) is 9.42. The lowest BCUT2D eigenvalue weighted by Crippen LogP contribution is -2.21. The van der Waals surface area contributed by atoms with Crippen LogP contribution in [0.2, 0.25) is 5.02 Å². The number of carbonyl (C=O) groups excluding carboxylic acids is 2. The first-order valence-electron chi connectivity index (χ1n) is 10.4. The molecule has 0 radical (unpaired) electrons. The summed E-state index contributed by atoms with van der Waals surface area (Å²) in [4.78, 5) is 25.8. The third-order valence-corrected chi connectivity index (χ3v) is 6.30. The number of anilines is 1. The van der Waals surface area contributed by atoms with E-state index in [2.05, 4.69) is 15.0 Å². The van der Waals surface area contributed by atoms with Gasteiger partial charge >= 0.3 is 6.18 Å². The predicted molar refractivity (Wildman–Crippen MR) is 129 cm³/mol. The van der Waals surface area contributed by atoms with Crippen molar-refractivity contribution in [3.05, 3.63) is 93.0 Å². The highest BCUT2D eigenvalue weighted by atomic mass is 35.5. The van der Waals surface area contributed by atoms with Crippen LogP contribution < -0.4 is 10.6 Å². The molecule has 1 heterocycles. The molecular weight excluding hydrogens is 541 g/mol. The van der Waals surface area contributed by atoms with E-state index >= 15 is 0 Å². The van der Waals surface area contributed by atoms with Crippen LogP contribution in [0.3, 0.4) is 0 Å². The van der Waals surface area contributed by atoms with Crippen LogP contribution in [0.25, 0.3) is 0 Å². The van der Waals surface area contributed by atoms with Gasteiger partial charge < -0.3 is 10.6 Å². The lowest BCUT2D eigenvalue weighted by atomic mass is 9.95. The van der Waals surface area contributed by atoms with Gasteiger partial charge in [-0.15, -0.1) is 0 Å². The third-order valence-electron chi connectivity index (χ3n) is 5.30. The monoisotopic (exact) mass is 557 g/mol. The van der Waals surface area contributed by atoms with Crippen LogP contribution in [-0.2, 0) is 15.9 Å². The van der Waals surface area contributed by atoms with Crippen LogP contribution >= 0.6 is 11.6 Å². The zero-order valence-corrected chi connectivity index (χ0v) is 20.6. The van der Waals surface area contributed by atoms with E-state index in [4.69, 9.17) is 11.6 Å². The van der Waals surface area contributed by atoms with Crippen LogP contribution in [0, 0.1) is 11.6 Å². The standard InChI is InChI=1S/C24H17ClF5N3O3S/c1-37(2,36)33-15-9-17-20(21(32-23(17)35)16-8-13(26)3-4-18(16)25)19(10-15)31-22(34)11-5-12(24(28,29)30)7-14(27)6-11/h3-10,21H,1-2H3,(H,31,34)(H,32,35). The van der Waals surface area contributed by atoms with Crippen molar-refractivity contribution in [2.24, 2.45) is 4.36 Å².